The van der Waals surface area contributed by atoms with E-state index in [2.05, 4.69) is 15.2 Å². The Hall–Kier alpha value is -3.87. The van der Waals surface area contributed by atoms with Crippen molar-refractivity contribution in [1.82, 2.24) is 20.1 Å². The summed E-state index contributed by atoms with van der Waals surface area (Å²) in [6, 6.07) is 15.6. The summed E-state index contributed by atoms with van der Waals surface area (Å²) in [4.78, 5) is 31.5. The maximum atomic E-state index is 13.7. The number of aromatic amines is 1. The molecule has 2 aromatic heterocycles. The van der Waals surface area contributed by atoms with Gasteiger partial charge in [-0.25, -0.2) is 9.37 Å². The Bertz CT molecular complexity index is 1270. The largest absolute Gasteiger partial charge is 0.275 e. The van der Waals surface area contributed by atoms with Crippen LogP contribution in [0.5, 0.6) is 0 Å². The zero-order chi connectivity index (χ0) is 20.0. The van der Waals surface area contributed by atoms with Crippen molar-refractivity contribution >= 4 is 22.8 Å². The van der Waals surface area contributed by atoms with E-state index in [0.29, 0.717) is 28.7 Å². The molecule has 3 heterocycles. The molecule has 0 unspecified atom stereocenters. The minimum atomic E-state index is -0.405. The molecular formula is C22H15FN4O2. The first-order valence-electron chi connectivity index (χ1n) is 9.16. The van der Waals surface area contributed by atoms with Crippen molar-refractivity contribution in [3.05, 3.63) is 83.3 Å². The molecule has 0 bridgehead atoms. The van der Waals surface area contributed by atoms with Gasteiger partial charge >= 0.3 is 0 Å². The van der Waals surface area contributed by atoms with Crippen LogP contribution in [0.15, 0.2) is 60.8 Å². The molecule has 4 aromatic rings. The molecule has 1 aliphatic rings. The fraction of sp³-hybridized carbons (Fsp3) is 0.0909. The Balaban J connectivity index is 1.57. The van der Waals surface area contributed by atoms with Crippen LogP contribution in [-0.2, 0) is 6.42 Å². The van der Waals surface area contributed by atoms with E-state index < -0.39 is 5.82 Å². The molecule has 2 amide bonds. The lowest BCUT2D eigenvalue weighted by Gasteiger charge is -2.13. The lowest BCUT2D eigenvalue weighted by atomic mass is 10.0. The third-order valence-electron chi connectivity index (χ3n) is 5.10. The summed E-state index contributed by atoms with van der Waals surface area (Å²) >= 11 is 0. The Kier molecular flexibility index (Phi) is 3.94. The van der Waals surface area contributed by atoms with Crippen LogP contribution >= 0.6 is 0 Å². The van der Waals surface area contributed by atoms with Gasteiger partial charge in [0.2, 0.25) is 0 Å². The molecule has 0 radical (unpaired) electrons. The molecule has 29 heavy (non-hydrogen) atoms. The van der Waals surface area contributed by atoms with E-state index in [1.807, 2.05) is 30.3 Å². The first-order valence-corrected chi connectivity index (χ1v) is 9.16. The Morgan fingerprint density at radius 1 is 1.00 bits per heavy atom. The van der Waals surface area contributed by atoms with Crippen LogP contribution in [0.25, 0.3) is 22.3 Å². The van der Waals surface area contributed by atoms with Gasteiger partial charge in [0.05, 0.1) is 22.2 Å². The molecule has 5 rings (SSSR count). The standard InChI is InChI=1S/C22H15FN4O2/c23-15-8-4-7-14(11-15)19-18-17-16(12-24-20(18)26-25-19)21(28)27(22(17)29)10-9-13-5-2-1-3-6-13/h1-8,11-12H,9-10H2,(H,24,25,26). The van der Waals surface area contributed by atoms with E-state index in [4.69, 9.17) is 0 Å². The molecule has 2 aromatic carbocycles. The van der Waals surface area contributed by atoms with Crippen LogP contribution in [0, 0.1) is 5.82 Å². The van der Waals surface area contributed by atoms with Gasteiger partial charge in [-0.15, -0.1) is 0 Å². The van der Waals surface area contributed by atoms with Gasteiger partial charge in [-0.1, -0.05) is 42.5 Å². The molecule has 0 fully saturated rings. The second kappa shape index (κ2) is 6.63. The highest BCUT2D eigenvalue weighted by molar-refractivity contribution is 6.27. The van der Waals surface area contributed by atoms with Crippen LogP contribution in [0.1, 0.15) is 26.3 Å². The molecule has 0 atom stereocenters. The minimum absolute atomic E-state index is 0.245. The van der Waals surface area contributed by atoms with Crippen molar-refractivity contribution in [2.45, 2.75) is 6.42 Å². The van der Waals surface area contributed by atoms with Gasteiger partial charge in [-0.05, 0) is 24.1 Å². The van der Waals surface area contributed by atoms with Crippen molar-refractivity contribution in [3.63, 3.8) is 0 Å². The van der Waals surface area contributed by atoms with Gasteiger partial charge in [-0.3, -0.25) is 19.6 Å². The molecule has 0 saturated heterocycles. The van der Waals surface area contributed by atoms with E-state index in [0.717, 1.165) is 5.56 Å². The Morgan fingerprint density at radius 3 is 2.62 bits per heavy atom. The van der Waals surface area contributed by atoms with Gasteiger partial charge in [0.1, 0.15) is 5.82 Å². The fourth-order valence-corrected chi connectivity index (χ4v) is 3.69. The third kappa shape index (κ3) is 2.79. The van der Waals surface area contributed by atoms with E-state index >= 15 is 0 Å². The average Bonchev–Trinajstić information content (AvgIpc) is 3.27. The molecule has 7 heteroatoms. The predicted octanol–water partition coefficient (Wildman–Crippen LogP) is 3.60. The second-order valence-electron chi connectivity index (χ2n) is 6.85. The maximum absolute atomic E-state index is 13.7. The van der Waals surface area contributed by atoms with Gasteiger partial charge in [0.15, 0.2) is 5.65 Å². The number of pyridine rings is 1. The normalized spacial score (nSPS) is 13.3. The van der Waals surface area contributed by atoms with Crippen molar-refractivity contribution < 1.29 is 14.0 Å². The molecule has 1 aliphatic heterocycles. The minimum Gasteiger partial charge on any atom is -0.275 e. The quantitative estimate of drug-likeness (QED) is 0.544. The van der Waals surface area contributed by atoms with Gasteiger partial charge in [0.25, 0.3) is 11.8 Å². The molecule has 0 saturated carbocycles. The molecule has 142 valence electrons. The van der Waals surface area contributed by atoms with Crippen LogP contribution in [0.2, 0.25) is 0 Å². The van der Waals surface area contributed by atoms with Crippen LogP contribution < -0.4 is 0 Å². The van der Waals surface area contributed by atoms with E-state index in [1.165, 1.54) is 23.2 Å². The number of aromatic nitrogens is 3. The highest BCUT2D eigenvalue weighted by Crippen LogP contribution is 2.34. The number of hydrogen-bond acceptors (Lipinski definition) is 4. The molecule has 0 aliphatic carbocycles. The summed E-state index contributed by atoms with van der Waals surface area (Å²) in [5.74, 6) is -1.16. The summed E-state index contributed by atoms with van der Waals surface area (Å²) in [5, 5.41) is 7.41. The third-order valence-corrected chi connectivity index (χ3v) is 5.10. The number of nitrogens with zero attached hydrogens (tertiary/aromatic N) is 3. The maximum Gasteiger partial charge on any atom is 0.263 e. The van der Waals surface area contributed by atoms with E-state index in [-0.39, 0.29) is 29.5 Å². The number of carbonyl (C=O) groups excluding carboxylic acids is 2. The number of carbonyl (C=O) groups is 2. The lowest BCUT2D eigenvalue weighted by molar-refractivity contribution is 0.0656. The summed E-state index contributed by atoms with van der Waals surface area (Å²) in [6.45, 7) is 0.269. The highest BCUT2D eigenvalue weighted by Gasteiger charge is 2.38. The number of halogens is 1. The summed E-state index contributed by atoms with van der Waals surface area (Å²) in [6.07, 6.45) is 1.95. The van der Waals surface area contributed by atoms with Gasteiger partial charge in [-0.2, -0.15) is 5.10 Å². The topological polar surface area (TPSA) is 79.0 Å². The SMILES string of the molecule is O=C1c2cnc3n[nH]c(-c4cccc(F)c4)c3c2C(=O)N1CCc1ccccc1. The van der Waals surface area contributed by atoms with E-state index in [1.54, 1.807) is 12.1 Å². The van der Waals surface area contributed by atoms with Gasteiger partial charge in [0, 0.05) is 18.3 Å². The second-order valence-corrected chi connectivity index (χ2v) is 6.85. The summed E-state index contributed by atoms with van der Waals surface area (Å²) < 4.78 is 13.7. The molecular weight excluding hydrogens is 371 g/mol. The first kappa shape index (κ1) is 17.2. The molecule has 0 spiro atoms. The van der Waals surface area contributed by atoms with Crippen LogP contribution in [-0.4, -0.2) is 38.4 Å². The number of imide groups is 1. The summed E-state index contributed by atoms with van der Waals surface area (Å²) in [7, 11) is 0. The fourth-order valence-electron chi connectivity index (χ4n) is 3.69. The number of nitrogens with one attached hydrogen (secondary N) is 1. The number of H-pyrrole nitrogens is 1. The van der Waals surface area contributed by atoms with Crippen molar-refractivity contribution in [1.29, 1.82) is 0 Å². The lowest BCUT2D eigenvalue weighted by Crippen LogP contribution is -2.31. The number of amides is 2. The van der Waals surface area contributed by atoms with Gasteiger partial charge < -0.3 is 0 Å². The Labute approximate surface area is 165 Å². The molecule has 1 N–H and O–H groups in total. The van der Waals surface area contributed by atoms with Crippen molar-refractivity contribution in [3.8, 4) is 11.3 Å². The highest BCUT2D eigenvalue weighted by atomic mass is 19.1. The van der Waals surface area contributed by atoms with Crippen LogP contribution in [0.3, 0.4) is 0 Å². The number of benzene rings is 2. The van der Waals surface area contributed by atoms with Crippen molar-refractivity contribution in [2.75, 3.05) is 6.54 Å². The Morgan fingerprint density at radius 2 is 1.83 bits per heavy atom. The predicted molar refractivity (Wildman–Crippen MR) is 105 cm³/mol. The first-order chi connectivity index (χ1) is 14.1. The monoisotopic (exact) mass is 386 g/mol. The smallest absolute Gasteiger partial charge is 0.263 e. The number of fused-ring (bicyclic) bond motifs is 3. The zero-order valence-electron chi connectivity index (χ0n) is 15.2. The van der Waals surface area contributed by atoms with E-state index in [9.17, 15) is 14.0 Å². The number of hydrogen-bond donors (Lipinski definition) is 1. The van der Waals surface area contributed by atoms with Crippen LogP contribution in [0.4, 0.5) is 4.39 Å². The zero-order valence-corrected chi connectivity index (χ0v) is 15.2. The number of rotatable bonds is 4. The van der Waals surface area contributed by atoms with Crippen molar-refractivity contribution in [2.24, 2.45) is 0 Å². The summed E-state index contributed by atoms with van der Waals surface area (Å²) in [5.41, 5.74) is 2.86. The average molecular weight is 386 g/mol. The molecule has 6 nitrogen and oxygen atoms in total.